The second kappa shape index (κ2) is 11.8. The summed E-state index contributed by atoms with van der Waals surface area (Å²) in [5, 5.41) is 5.62. The number of piperidine rings is 1. The first-order valence-electron chi connectivity index (χ1n) is 14.3. The second-order valence-corrected chi connectivity index (χ2v) is 13.5. The number of carbonyl (C=O) groups is 5. The lowest BCUT2D eigenvalue weighted by atomic mass is 9.83. The van der Waals surface area contributed by atoms with Crippen molar-refractivity contribution in [1.29, 1.82) is 0 Å². The van der Waals surface area contributed by atoms with E-state index in [0.29, 0.717) is 6.54 Å². The quantitative estimate of drug-likeness (QED) is 0.333. The Hall–Kier alpha value is -2.65. The maximum Gasteiger partial charge on any atom is 0.408 e. The summed E-state index contributed by atoms with van der Waals surface area (Å²) in [6.07, 6.45) is 4.25. The van der Waals surface area contributed by atoms with Crippen molar-refractivity contribution in [3.63, 3.8) is 0 Å². The van der Waals surface area contributed by atoms with Crippen LogP contribution in [0.1, 0.15) is 87.0 Å². The summed E-state index contributed by atoms with van der Waals surface area (Å²) in [4.78, 5) is 67.0. The van der Waals surface area contributed by atoms with Gasteiger partial charge >= 0.3 is 12.1 Å². The number of rotatable bonds is 9. The van der Waals surface area contributed by atoms with Crippen LogP contribution in [0.2, 0.25) is 0 Å². The van der Waals surface area contributed by atoms with Crippen LogP contribution >= 0.6 is 0 Å². The fourth-order valence-electron chi connectivity index (χ4n) is 6.48. The van der Waals surface area contributed by atoms with E-state index in [4.69, 9.17) is 4.74 Å². The van der Waals surface area contributed by atoms with E-state index in [1.807, 2.05) is 13.8 Å². The number of nitrogens with zero attached hydrogens (tertiary/aromatic N) is 1. The number of carbonyl (C=O) groups excluding carboxylic acids is 5. The Balaban J connectivity index is 1.86. The number of ether oxygens (including phenoxy) is 2. The van der Waals surface area contributed by atoms with Gasteiger partial charge in [0.2, 0.25) is 11.8 Å². The van der Waals surface area contributed by atoms with Gasteiger partial charge in [-0.15, -0.1) is 0 Å². The molecule has 39 heavy (non-hydrogen) atoms. The van der Waals surface area contributed by atoms with Gasteiger partial charge < -0.3 is 25.0 Å². The van der Waals surface area contributed by atoms with Crippen molar-refractivity contribution in [3.05, 3.63) is 0 Å². The molecule has 3 aliphatic rings. The number of hydrogen-bond acceptors (Lipinski definition) is 7. The van der Waals surface area contributed by atoms with Crippen molar-refractivity contribution >= 4 is 29.7 Å². The molecule has 0 bridgehead atoms. The maximum atomic E-state index is 14.1. The van der Waals surface area contributed by atoms with Crippen LogP contribution in [0.5, 0.6) is 0 Å². The smallest absolute Gasteiger partial charge is 0.408 e. The molecule has 0 aromatic rings. The van der Waals surface area contributed by atoms with Crippen LogP contribution in [0.15, 0.2) is 0 Å². The van der Waals surface area contributed by atoms with E-state index in [-0.39, 0.29) is 41.4 Å². The van der Waals surface area contributed by atoms with Crippen molar-refractivity contribution in [1.82, 2.24) is 15.5 Å². The molecule has 220 valence electrons. The van der Waals surface area contributed by atoms with Gasteiger partial charge in [0.05, 0.1) is 13.2 Å². The number of fused-ring (bicyclic) bond motifs is 1. The minimum Gasteiger partial charge on any atom is -0.463 e. The molecule has 3 rings (SSSR count). The largest absolute Gasteiger partial charge is 0.463 e. The summed E-state index contributed by atoms with van der Waals surface area (Å²) in [5.74, 6) is -2.54. The van der Waals surface area contributed by atoms with Gasteiger partial charge in [0.1, 0.15) is 17.7 Å². The average molecular weight is 550 g/mol. The van der Waals surface area contributed by atoms with Crippen molar-refractivity contribution in [2.45, 2.75) is 111 Å². The molecule has 5 atom stereocenters. The fourth-order valence-corrected chi connectivity index (χ4v) is 6.48. The first kappa shape index (κ1) is 30.9. The number of methoxy groups -OCH3 is 1. The summed E-state index contributed by atoms with van der Waals surface area (Å²) in [5.41, 5.74) is -0.860. The van der Waals surface area contributed by atoms with Crippen molar-refractivity contribution in [2.75, 3.05) is 13.7 Å². The van der Waals surface area contributed by atoms with E-state index in [1.54, 1.807) is 25.7 Å². The van der Waals surface area contributed by atoms with E-state index in [0.717, 1.165) is 39.2 Å². The number of likely N-dealkylation sites (tertiary alicyclic amines) is 1. The third-order valence-corrected chi connectivity index (χ3v) is 8.55. The highest BCUT2D eigenvalue weighted by molar-refractivity contribution is 6.36. The fraction of sp³-hybridized carbons (Fsp3) is 0.828. The predicted molar refractivity (Wildman–Crippen MR) is 144 cm³/mol. The SMILES string of the molecule is COC(=O)C(=O)C(CC(C)C)NC(=O)[C@@H]1[C@@H]2[C@H](CN1C(=O)[C@@H](NC(=O)OC(C)(C)C)C1CCCCC1)C2(C)C. The topological polar surface area (TPSA) is 131 Å². The normalized spacial score (nSPS) is 25.8. The Morgan fingerprint density at radius 1 is 1.00 bits per heavy atom. The first-order chi connectivity index (χ1) is 18.1. The lowest BCUT2D eigenvalue weighted by Gasteiger charge is -2.37. The second-order valence-electron chi connectivity index (χ2n) is 13.5. The van der Waals surface area contributed by atoms with E-state index in [2.05, 4.69) is 29.2 Å². The minimum atomic E-state index is -1.04. The molecule has 1 aliphatic heterocycles. The molecule has 0 aromatic carbocycles. The lowest BCUT2D eigenvalue weighted by Crippen LogP contribution is -2.59. The molecule has 1 unspecified atom stereocenters. The molecule has 1 heterocycles. The van der Waals surface area contributed by atoms with Crippen molar-refractivity contribution in [3.8, 4) is 0 Å². The zero-order valence-corrected chi connectivity index (χ0v) is 24.8. The summed E-state index contributed by atoms with van der Waals surface area (Å²) >= 11 is 0. The van der Waals surface area contributed by atoms with Crippen LogP contribution in [-0.4, -0.2) is 71.9 Å². The van der Waals surface area contributed by atoms with Crippen molar-refractivity contribution < 1.29 is 33.4 Å². The van der Waals surface area contributed by atoms with Gasteiger partial charge in [0.25, 0.3) is 5.78 Å². The Bertz CT molecular complexity index is 964. The standard InChI is InChI=1S/C29H47N3O7/c1-16(2)14-19(23(33)26(36)38-8)30-24(34)22-20-18(29(20,6)7)15-32(22)25(35)21(17-12-10-9-11-13-17)31-27(37)39-28(3,4)5/h16-22H,9-15H2,1-8H3,(H,30,34)(H,31,37)/t18-,19?,20-,21-,22-/m0/s1. The number of Topliss-reactive ketones (excluding diaryl/α,β-unsaturated/α-hetero) is 1. The average Bonchev–Trinajstić information content (AvgIpc) is 3.17. The number of esters is 1. The van der Waals surface area contributed by atoms with Gasteiger partial charge in [-0.25, -0.2) is 9.59 Å². The molecular formula is C29H47N3O7. The lowest BCUT2D eigenvalue weighted by molar-refractivity contribution is -0.153. The number of amides is 3. The number of alkyl carbamates (subject to hydrolysis) is 1. The molecule has 2 saturated carbocycles. The van der Waals surface area contributed by atoms with Crippen LogP contribution < -0.4 is 10.6 Å². The molecule has 10 nitrogen and oxygen atoms in total. The maximum absolute atomic E-state index is 14.1. The molecule has 2 N–H and O–H groups in total. The van der Waals surface area contributed by atoms with Gasteiger partial charge in [-0.2, -0.15) is 0 Å². The van der Waals surface area contributed by atoms with E-state index < -0.39 is 47.5 Å². The summed E-state index contributed by atoms with van der Waals surface area (Å²) in [6.45, 7) is 13.6. The van der Waals surface area contributed by atoms with Gasteiger partial charge in [-0.3, -0.25) is 14.4 Å². The molecule has 0 aromatic heterocycles. The van der Waals surface area contributed by atoms with Gasteiger partial charge in [0.15, 0.2) is 0 Å². The summed E-state index contributed by atoms with van der Waals surface area (Å²) in [7, 11) is 1.13. The predicted octanol–water partition coefficient (Wildman–Crippen LogP) is 3.22. The van der Waals surface area contributed by atoms with E-state index in [9.17, 15) is 24.0 Å². The Morgan fingerprint density at radius 2 is 1.62 bits per heavy atom. The third-order valence-electron chi connectivity index (χ3n) is 8.55. The minimum absolute atomic E-state index is 0.0315. The Morgan fingerprint density at radius 3 is 2.15 bits per heavy atom. The number of hydrogen-bond donors (Lipinski definition) is 2. The van der Waals surface area contributed by atoms with Gasteiger partial charge in [-0.05, 0) is 69.1 Å². The van der Waals surface area contributed by atoms with Crippen LogP contribution in [0.4, 0.5) is 4.79 Å². The van der Waals surface area contributed by atoms with Gasteiger partial charge in [0, 0.05) is 6.54 Å². The third kappa shape index (κ3) is 7.11. The molecule has 0 spiro atoms. The monoisotopic (exact) mass is 549 g/mol. The van der Waals surface area contributed by atoms with Crippen LogP contribution in [0.3, 0.4) is 0 Å². The number of nitrogens with one attached hydrogen (secondary N) is 2. The van der Waals surface area contributed by atoms with E-state index >= 15 is 0 Å². The zero-order valence-electron chi connectivity index (χ0n) is 24.8. The van der Waals surface area contributed by atoms with Crippen LogP contribution in [-0.2, 0) is 28.7 Å². The molecule has 10 heteroatoms. The van der Waals surface area contributed by atoms with Crippen LogP contribution in [0, 0.1) is 29.1 Å². The van der Waals surface area contributed by atoms with Crippen LogP contribution in [0.25, 0.3) is 0 Å². The first-order valence-corrected chi connectivity index (χ1v) is 14.3. The Kier molecular flexibility index (Phi) is 9.38. The van der Waals surface area contributed by atoms with E-state index in [1.165, 1.54) is 0 Å². The van der Waals surface area contributed by atoms with Gasteiger partial charge in [-0.1, -0.05) is 47.0 Å². The summed E-state index contributed by atoms with van der Waals surface area (Å²) < 4.78 is 10.1. The number of ketones is 1. The highest BCUT2D eigenvalue weighted by Gasteiger charge is 2.69. The molecule has 1 saturated heterocycles. The highest BCUT2D eigenvalue weighted by Crippen LogP contribution is 2.65. The molecule has 0 radical (unpaired) electrons. The molecular weight excluding hydrogens is 502 g/mol. The van der Waals surface area contributed by atoms with Crippen molar-refractivity contribution in [2.24, 2.45) is 29.1 Å². The highest BCUT2D eigenvalue weighted by atomic mass is 16.6. The Labute approximate surface area is 232 Å². The molecule has 3 amide bonds. The summed E-state index contributed by atoms with van der Waals surface area (Å²) in [6, 6.07) is -2.65. The molecule has 2 aliphatic carbocycles. The zero-order chi connectivity index (χ0) is 29.3. The molecule has 3 fully saturated rings.